The second-order valence-electron chi connectivity index (χ2n) is 5.14. The molecule has 0 saturated carbocycles. The minimum absolute atomic E-state index is 0.128. The average molecular weight is 295 g/mol. The van der Waals surface area contributed by atoms with Gasteiger partial charge in [-0.1, -0.05) is 0 Å². The van der Waals surface area contributed by atoms with Gasteiger partial charge in [-0.25, -0.2) is 0 Å². The van der Waals surface area contributed by atoms with Crippen molar-refractivity contribution >= 4 is 5.91 Å². The van der Waals surface area contributed by atoms with E-state index in [2.05, 4.69) is 5.32 Å². The number of ether oxygens (including phenoxy) is 1. The van der Waals surface area contributed by atoms with E-state index in [1.54, 1.807) is 4.90 Å². The number of alkyl halides is 3. The van der Waals surface area contributed by atoms with Gasteiger partial charge in [-0.05, 0) is 6.92 Å². The summed E-state index contributed by atoms with van der Waals surface area (Å²) in [6.07, 6.45) is -4.72. The molecule has 0 radical (unpaired) electrons. The molecule has 2 rings (SSSR count). The number of nitrogens with one attached hydrogen (secondary N) is 1. The lowest BCUT2D eigenvalue weighted by atomic mass is 10.2. The number of hydrogen-bond acceptors (Lipinski definition) is 4. The van der Waals surface area contributed by atoms with Gasteiger partial charge in [0.25, 0.3) is 5.91 Å². The number of carbonyl (C=O) groups is 1. The zero-order valence-corrected chi connectivity index (χ0v) is 11.4. The van der Waals surface area contributed by atoms with Crippen molar-refractivity contribution in [1.82, 2.24) is 15.1 Å². The van der Waals surface area contributed by atoms with Gasteiger partial charge in [0.2, 0.25) is 0 Å². The molecule has 1 N–H and O–H groups in total. The van der Waals surface area contributed by atoms with Crippen LogP contribution in [-0.2, 0) is 9.53 Å². The van der Waals surface area contributed by atoms with Crippen LogP contribution in [0.3, 0.4) is 0 Å². The molecule has 116 valence electrons. The van der Waals surface area contributed by atoms with Crippen LogP contribution in [0.15, 0.2) is 0 Å². The van der Waals surface area contributed by atoms with Crippen molar-refractivity contribution in [2.75, 3.05) is 45.9 Å². The van der Waals surface area contributed by atoms with E-state index in [4.69, 9.17) is 4.74 Å². The SMILES string of the molecule is CC(N1CCN(C(=O)C2CNCCO2)CC1)C(F)(F)F. The fraction of sp³-hybridized carbons (Fsp3) is 0.917. The van der Waals surface area contributed by atoms with Crippen molar-refractivity contribution in [1.29, 1.82) is 0 Å². The Bertz CT molecular complexity index is 337. The van der Waals surface area contributed by atoms with Crippen LogP contribution in [-0.4, -0.2) is 79.9 Å². The van der Waals surface area contributed by atoms with Gasteiger partial charge in [0, 0.05) is 39.3 Å². The molecule has 0 aromatic carbocycles. The summed E-state index contributed by atoms with van der Waals surface area (Å²) in [6.45, 7) is 3.96. The van der Waals surface area contributed by atoms with Gasteiger partial charge in [-0.15, -0.1) is 0 Å². The molecule has 2 saturated heterocycles. The van der Waals surface area contributed by atoms with Crippen LogP contribution in [0.5, 0.6) is 0 Å². The van der Waals surface area contributed by atoms with Crippen LogP contribution in [0, 0.1) is 0 Å². The largest absolute Gasteiger partial charge is 0.403 e. The third-order valence-electron chi connectivity index (χ3n) is 3.85. The first-order valence-corrected chi connectivity index (χ1v) is 6.81. The Balaban J connectivity index is 1.83. The molecule has 0 aromatic heterocycles. The molecule has 5 nitrogen and oxygen atoms in total. The molecule has 2 fully saturated rings. The Morgan fingerprint density at radius 1 is 1.30 bits per heavy atom. The zero-order chi connectivity index (χ0) is 14.8. The third-order valence-corrected chi connectivity index (χ3v) is 3.85. The van der Waals surface area contributed by atoms with Crippen LogP contribution < -0.4 is 5.32 Å². The summed E-state index contributed by atoms with van der Waals surface area (Å²) in [6, 6.07) is -1.47. The molecule has 2 unspecified atom stereocenters. The van der Waals surface area contributed by atoms with Crippen molar-refractivity contribution in [2.24, 2.45) is 0 Å². The van der Waals surface area contributed by atoms with Crippen molar-refractivity contribution in [2.45, 2.75) is 25.2 Å². The number of morpholine rings is 1. The Kier molecular flexibility index (Phi) is 4.87. The van der Waals surface area contributed by atoms with Gasteiger partial charge in [-0.3, -0.25) is 9.69 Å². The van der Waals surface area contributed by atoms with Gasteiger partial charge in [0.05, 0.1) is 6.61 Å². The smallest absolute Gasteiger partial charge is 0.366 e. The summed E-state index contributed by atoms with van der Waals surface area (Å²) in [7, 11) is 0. The number of carbonyl (C=O) groups excluding carboxylic acids is 1. The van der Waals surface area contributed by atoms with Gasteiger partial charge in [0.1, 0.15) is 12.1 Å². The lowest BCUT2D eigenvalue weighted by molar-refractivity contribution is -0.183. The van der Waals surface area contributed by atoms with E-state index >= 15 is 0 Å². The molecule has 1 amide bonds. The monoisotopic (exact) mass is 295 g/mol. The van der Waals surface area contributed by atoms with Crippen LogP contribution in [0.1, 0.15) is 6.92 Å². The summed E-state index contributed by atoms with van der Waals surface area (Å²) in [5, 5.41) is 3.07. The van der Waals surface area contributed by atoms with Crippen LogP contribution in [0.25, 0.3) is 0 Å². The van der Waals surface area contributed by atoms with E-state index in [0.717, 1.165) is 13.5 Å². The summed E-state index contributed by atoms with van der Waals surface area (Å²) in [4.78, 5) is 15.1. The van der Waals surface area contributed by atoms with Crippen molar-refractivity contribution in [3.63, 3.8) is 0 Å². The minimum atomic E-state index is -4.22. The third kappa shape index (κ3) is 3.62. The Labute approximate surface area is 116 Å². The maximum Gasteiger partial charge on any atom is 0.403 e. The highest BCUT2D eigenvalue weighted by atomic mass is 19.4. The molecule has 2 aliphatic heterocycles. The van der Waals surface area contributed by atoms with Gasteiger partial charge < -0.3 is 15.0 Å². The number of nitrogens with zero attached hydrogens (tertiary/aromatic N) is 2. The molecule has 0 spiro atoms. The first kappa shape index (κ1) is 15.5. The second kappa shape index (κ2) is 6.28. The van der Waals surface area contributed by atoms with E-state index < -0.39 is 18.3 Å². The number of hydrogen-bond donors (Lipinski definition) is 1. The highest BCUT2D eigenvalue weighted by molar-refractivity contribution is 5.81. The topological polar surface area (TPSA) is 44.8 Å². The van der Waals surface area contributed by atoms with E-state index in [9.17, 15) is 18.0 Å². The lowest BCUT2D eigenvalue weighted by Gasteiger charge is -2.39. The predicted molar refractivity (Wildman–Crippen MR) is 66.3 cm³/mol. The first-order chi connectivity index (χ1) is 9.39. The molecule has 2 heterocycles. The Morgan fingerprint density at radius 3 is 2.45 bits per heavy atom. The molecule has 0 aromatic rings. The molecule has 0 aliphatic carbocycles. The Morgan fingerprint density at radius 2 is 1.95 bits per heavy atom. The summed E-state index contributed by atoms with van der Waals surface area (Å²) in [5.41, 5.74) is 0. The van der Waals surface area contributed by atoms with Gasteiger partial charge >= 0.3 is 6.18 Å². The minimum Gasteiger partial charge on any atom is -0.366 e. The van der Waals surface area contributed by atoms with Crippen molar-refractivity contribution in [3.05, 3.63) is 0 Å². The van der Waals surface area contributed by atoms with Crippen LogP contribution in [0.2, 0.25) is 0 Å². The van der Waals surface area contributed by atoms with E-state index in [0.29, 0.717) is 26.2 Å². The molecule has 2 atom stereocenters. The maximum atomic E-state index is 12.6. The lowest BCUT2D eigenvalue weighted by Crippen LogP contribution is -2.58. The number of halogens is 3. The molecule has 0 bridgehead atoms. The summed E-state index contributed by atoms with van der Waals surface area (Å²) in [5.74, 6) is -0.128. The van der Waals surface area contributed by atoms with Crippen molar-refractivity contribution in [3.8, 4) is 0 Å². The van der Waals surface area contributed by atoms with Crippen LogP contribution in [0.4, 0.5) is 13.2 Å². The number of piperazine rings is 1. The standard InChI is InChI=1S/C12H20F3N3O2/c1-9(12(13,14)15)17-3-5-18(6-4-17)11(19)10-8-16-2-7-20-10/h9-10,16H,2-8H2,1H3. The quantitative estimate of drug-likeness (QED) is 0.783. The second-order valence-corrected chi connectivity index (χ2v) is 5.14. The van der Waals surface area contributed by atoms with E-state index in [1.807, 2.05) is 0 Å². The van der Waals surface area contributed by atoms with E-state index in [1.165, 1.54) is 4.90 Å². The number of rotatable bonds is 2. The Hall–Kier alpha value is -0.860. The van der Waals surface area contributed by atoms with Gasteiger partial charge in [-0.2, -0.15) is 13.2 Å². The molecular formula is C12H20F3N3O2. The zero-order valence-electron chi connectivity index (χ0n) is 11.4. The highest BCUT2D eigenvalue weighted by Crippen LogP contribution is 2.25. The maximum absolute atomic E-state index is 12.6. The summed E-state index contributed by atoms with van der Waals surface area (Å²) >= 11 is 0. The fourth-order valence-electron chi connectivity index (χ4n) is 2.46. The summed E-state index contributed by atoms with van der Waals surface area (Å²) < 4.78 is 43.3. The van der Waals surface area contributed by atoms with Crippen molar-refractivity contribution < 1.29 is 22.7 Å². The average Bonchev–Trinajstić information content (AvgIpc) is 2.46. The van der Waals surface area contributed by atoms with Gasteiger partial charge in [0.15, 0.2) is 0 Å². The number of amides is 1. The molecule has 2 aliphatic rings. The highest BCUT2D eigenvalue weighted by Gasteiger charge is 2.41. The molecule has 8 heteroatoms. The van der Waals surface area contributed by atoms with Crippen LogP contribution >= 0.6 is 0 Å². The first-order valence-electron chi connectivity index (χ1n) is 6.81. The normalized spacial score (nSPS) is 27.4. The predicted octanol–water partition coefficient (Wildman–Crippen LogP) is 0.0698. The molecular weight excluding hydrogens is 275 g/mol. The molecule has 20 heavy (non-hydrogen) atoms. The fourth-order valence-corrected chi connectivity index (χ4v) is 2.46. The van der Waals surface area contributed by atoms with E-state index in [-0.39, 0.29) is 19.0 Å².